The van der Waals surface area contributed by atoms with Crippen LogP contribution < -0.4 is 4.90 Å². The molecule has 0 radical (unpaired) electrons. The van der Waals surface area contributed by atoms with Crippen LogP contribution in [0.15, 0.2) is 48.5 Å². The molecule has 0 saturated carbocycles. The number of nitrogens with zero attached hydrogens (tertiary/aromatic N) is 1. The normalized spacial score (nSPS) is 10.3. The van der Waals surface area contributed by atoms with Gasteiger partial charge in [-0.3, -0.25) is 0 Å². The summed E-state index contributed by atoms with van der Waals surface area (Å²) in [6.45, 7) is 0. The second kappa shape index (κ2) is 5.24. The van der Waals surface area contributed by atoms with Crippen molar-refractivity contribution in [2.24, 2.45) is 0 Å². The van der Waals surface area contributed by atoms with E-state index < -0.39 is 0 Å². The van der Waals surface area contributed by atoms with E-state index in [-0.39, 0.29) is 0 Å². The molecule has 0 fully saturated rings. The van der Waals surface area contributed by atoms with E-state index in [0.29, 0.717) is 0 Å². The van der Waals surface area contributed by atoms with Crippen molar-refractivity contribution in [3.63, 3.8) is 0 Å². The topological polar surface area (TPSA) is 3.24 Å². The Hall–Kier alpha value is -1.47. The lowest BCUT2D eigenvalue weighted by Crippen LogP contribution is -2.08. The van der Waals surface area contributed by atoms with E-state index >= 15 is 0 Å². The fourth-order valence-electron chi connectivity index (χ4n) is 1.75. The standard InChI is InChI=1S/C15H16ClN/c1-17(2)15-9-5-13(6-10-15)11-12-3-7-14(16)8-4-12/h3-10H,11H2,1-2H3. The van der Waals surface area contributed by atoms with Crippen LogP contribution in [0.25, 0.3) is 0 Å². The molecule has 2 heteroatoms. The van der Waals surface area contributed by atoms with Gasteiger partial charge < -0.3 is 4.90 Å². The summed E-state index contributed by atoms with van der Waals surface area (Å²) < 4.78 is 0. The van der Waals surface area contributed by atoms with Crippen LogP contribution in [0.4, 0.5) is 5.69 Å². The molecule has 0 aliphatic heterocycles. The first-order valence-electron chi connectivity index (χ1n) is 5.66. The quantitative estimate of drug-likeness (QED) is 0.790. The molecular weight excluding hydrogens is 230 g/mol. The van der Waals surface area contributed by atoms with Gasteiger partial charge >= 0.3 is 0 Å². The van der Waals surface area contributed by atoms with Crippen LogP contribution in [0.5, 0.6) is 0 Å². The predicted octanol–water partition coefficient (Wildman–Crippen LogP) is 4.00. The fourth-order valence-corrected chi connectivity index (χ4v) is 1.88. The summed E-state index contributed by atoms with van der Waals surface area (Å²) in [4.78, 5) is 2.10. The van der Waals surface area contributed by atoms with Crippen LogP contribution in [0.1, 0.15) is 11.1 Å². The monoisotopic (exact) mass is 245 g/mol. The number of anilines is 1. The van der Waals surface area contributed by atoms with Gasteiger partial charge in [0.1, 0.15) is 0 Å². The Morgan fingerprint density at radius 1 is 0.824 bits per heavy atom. The van der Waals surface area contributed by atoms with Gasteiger partial charge in [-0.2, -0.15) is 0 Å². The molecular formula is C15H16ClN. The highest BCUT2D eigenvalue weighted by molar-refractivity contribution is 6.30. The van der Waals surface area contributed by atoms with Crippen molar-refractivity contribution in [3.05, 3.63) is 64.7 Å². The number of halogens is 1. The van der Waals surface area contributed by atoms with E-state index in [1.165, 1.54) is 16.8 Å². The van der Waals surface area contributed by atoms with Gasteiger partial charge in [-0.15, -0.1) is 0 Å². The van der Waals surface area contributed by atoms with Gasteiger partial charge in [-0.05, 0) is 41.8 Å². The van der Waals surface area contributed by atoms with Crippen molar-refractivity contribution < 1.29 is 0 Å². The van der Waals surface area contributed by atoms with Crippen molar-refractivity contribution in [3.8, 4) is 0 Å². The van der Waals surface area contributed by atoms with Gasteiger partial charge in [0.2, 0.25) is 0 Å². The lowest BCUT2D eigenvalue weighted by atomic mass is 10.0. The molecule has 2 rings (SSSR count). The van der Waals surface area contributed by atoms with E-state index in [2.05, 4.69) is 41.3 Å². The first-order valence-corrected chi connectivity index (χ1v) is 6.03. The van der Waals surface area contributed by atoms with E-state index in [0.717, 1.165) is 11.4 Å². The van der Waals surface area contributed by atoms with Crippen molar-refractivity contribution >= 4 is 17.3 Å². The minimum absolute atomic E-state index is 0.789. The van der Waals surface area contributed by atoms with Gasteiger partial charge in [0.15, 0.2) is 0 Å². The maximum absolute atomic E-state index is 5.86. The predicted molar refractivity (Wildman–Crippen MR) is 75.0 cm³/mol. The molecule has 0 saturated heterocycles. The van der Waals surface area contributed by atoms with E-state index in [1.807, 2.05) is 26.2 Å². The second-order valence-corrected chi connectivity index (χ2v) is 4.80. The second-order valence-electron chi connectivity index (χ2n) is 4.36. The molecule has 0 N–H and O–H groups in total. The summed E-state index contributed by atoms with van der Waals surface area (Å²) in [7, 11) is 4.10. The Labute approximate surface area is 108 Å². The smallest absolute Gasteiger partial charge is 0.0406 e. The van der Waals surface area contributed by atoms with Gasteiger partial charge in [0.05, 0.1) is 0 Å². The summed E-state index contributed by atoms with van der Waals surface area (Å²) in [6, 6.07) is 16.6. The Balaban J connectivity index is 2.11. The Bertz CT molecular complexity index is 471. The third-order valence-corrected chi connectivity index (χ3v) is 3.03. The van der Waals surface area contributed by atoms with E-state index in [1.54, 1.807) is 0 Å². The van der Waals surface area contributed by atoms with Crippen molar-refractivity contribution in [2.45, 2.75) is 6.42 Å². The molecule has 0 aliphatic rings. The Morgan fingerprint density at radius 3 is 1.76 bits per heavy atom. The molecule has 2 aromatic rings. The highest BCUT2D eigenvalue weighted by Gasteiger charge is 1.98. The highest BCUT2D eigenvalue weighted by atomic mass is 35.5. The summed E-state index contributed by atoms with van der Waals surface area (Å²) >= 11 is 5.86. The lowest BCUT2D eigenvalue weighted by molar-refractivity contribution is 1.12. The molecule has 0 bridgehead atoms. The molecule has 2 aromatic carbocycles. The van der Waals surface area contributed by atoms with Crippen LogP contribution in [-0.2, 0) is 6.42 Å². The lowest BCUT2D eigenvalue weighted by Gasteiger charge is -2.12. The van der Waals surface area contributed by atoms with Gasteiger partial charge in [-0.1, -0.05) is 35.9 Å². The average Bonchev–Trinajstić information content (AvgIpc) is 2.33. The van der Waals surface area contributed by atoms with Crippen molar-refractivity contribution in [1.82, 2.24) is 0 Å². The number of benzene rings is 2. The first kappa shape index (κ1) is 12.0. The van der Waals surface area contributed by atoms with Gasteiger partial charge in [0.25, 0.3) is 0 Å². The van der Waals surface area contributed by atoms with Crippen LogP contribution in [0.2, 0.25) is 5.02 Å². The Morgan fingerprint density at radius 2 is 1.29 bits per heavy atom. The van der Waals surface area contributed by atoms with E-state index in [9.17, 15) is 0 Å². The van der Waals surface area contributed by atoms with Crippen LogP contribution in [-0.4, -0.2) is 14.1 Å². The van der Waals surface area contributed by atoms with Gasteiger partial charge in [0, 0.05) is 24.8 Å². The minimum atomic E-state index is 0.789. The van der Waals surface area contributed by atoms with Crippen LogP contribution in [0, 0.1) is 0 Å². The summed E-state index contributed by atoms with van der Waals surface area (Å²) in [6.07, 6.45) is 0.949. The zero-order chi connectivity index (χ0) is 12.3. The minimum Gasteiger partial charge on any atom is -0.378 e. The molecule has 0 aliphatic carbocycles. The molecule has 0 aromatic heterocycles. The molecule has 0 amide bonds. The number of hydrogen-bond acceptors (Lipinski definition) is 1. The zero-order valence-corrected chi connectivity index (χ0v) is 10.9. The summed E-state index contributed by atoms with van der Waals surface area (Å²) in [5.41, 5.74) is 3.83. The summed E-state index contributed by atoms with van der Waals surface area (Å²) in [5.74, 6) is 0. The largest absolute Gasteiger partial charge is 0.378 e. The maximum atomic E-state index is 5.86. The fraction of sp³-hybridized carbons (Fsp3) is 0.200. The zero-order valence-electron chi connectivity index (χ0n) is 10.2. The molecule has 0 spiro atoms. The molecule has 0 heterocycles. The first-order chi connectivity index (χ1) is 8.15. The Kier molecular flexibility index (Phi) is 3.70. The molecule has 17 heavy (non-hydrogen) atoms. The van der Waals surface area contributed by atoms with Crippen molar-refractivity contribution in [2.75, 3.05) is 19.0 Å². The molecule has 0 atom stereocenters. The van der Waals surface area contributed by atoms with E-state index in [4.69, 9.17) is 11.6 Å². The maximum Gasteiger partial charge on any atom is 0.0406 e. The molecule has 88 valence electrons. The SMILES string of the molecule is CN(C)c1ccc(Cc2ccc(Cl)cc2)cc1. The van der Waals surface area contributed by atoms with Gasteiger partial charge in [-0.25, -0.2) is 0 Å². The van der Waals surface area contributed by atoms with Crippen LogP contribution >= 0.6 is 11.6 Å². The highest BCUT2D eigenvalue weighted by Crippen LogP contribution is 2.16. The van der Waals surface area contributed by atoms with Crippen molar-refractivity contribution in [1.29, 1.82) is 0 Å². The number of hydrogen-bond donors (Lipinski definition) is 0. The molecule has 1 nitrogen and oxygen atoms in total. The third-order valence-electron chi connectivity index (χ3n) is 2.77. The number of rotatable bonds is 3. The average molecular weight is 246 g/mol. The van der Waals surface area contributed by atoms with Crippen LogP contribution in [0.3, 0.4) is 0 Å². The summed E-state index contributed by atoms with van der Waals surface area (Å²) in [5, 5.41) is 0.789. The molecule has 0 unspecified atom stereocenters. The third kappa shape index (κ3) is 3.24.